The van der Waals surface area contributed by atoms with Gasteiger partial charge in [0.25, 0.3) is 0 Å². The normalized spacial score (nSPS) is 6.00. The summed E-state index contributed by atoms with van der Waals surface area (Å²) in [4.78, 5) is 53.6. The molecule has 12 nitrogen and oxygen atoms in total. The number of hydrogen-bond donors (Lipinski definition) is 0. The first-order valence-corrected chi connectivity index (χ1v) is 3.20. The van der Waals surface area contributed by atoms with Crippen molar-refractivity contribution in [2.24, 2.45) is 0 Å². The molecule has 0 aromatic rings. The zero-order valence-electron chi connectivity index (χ0n) is 11.2. The largest absolute Gasteiger partial charge is 3.00 e. The fraction of sp³-hybridized carbons (Fsp3) is 0. The summed E-state index contributed by atoms with van der Waals surface area (Å²) in [5.41, 5.74) is 0. The van der Waals surface area contributed by atoms with Gasteiger partial charge < -0.3 is 59.4 Å². The summed E-state index contributed by atoms with van der Waals surface area (Å²) in [7, 11) is 0. The van der Waals surface area contributed by atoms with Crippen LogP contribution in [0.4, 0.5) is 0 Å². The van der Waals surface area contributed by atoms with Crippen molar-refractivity contribution in [3.8, 4) is 0 Å². The SMILES string of the molecule is O=C([O-])C(=O)[O-].O=C([O-])C(=O)[O-].O=C([O-])C(=O)[O-].[K+].[K+].[K+].[Rh+3]. The van der Waals surface area contributed by atoms with E-state index >= 15 is 0 Å². The predicted molar refractivity (Wildman–Crippen MR) is 30.0 cm³/mol. The molecule has 0 saturated heterocycles. The molecule has 0 rings (SSSR count). The molecule has 0 atom stereocenters. The minimum atomic E-state index is -2.19. The first-order chi connectivity index (χ1) is 7.93. The summed E-state index contributed by atoms with van der Waals surface area (Å²) < 4.78 is 0. The topological polar surface area (TPSA) is 241 Å². The number of carboxylic acid groups (broad SMARTS) is 6. The minimum absolute atomic E-state index is 0. The molecule has 22 heavy (non-hydrogen) atoms. The molecule has 0 radical (unpaired) electrons. The molecule has 108 valence electrons. The van der Waals surface area contributed by atoms with Gasteiger partial charge in [-0.1, -0.05) is 0 Å². The van der Waals surface area contributed by atoms with E-state index in [1.54, 1.807) is 0 Å². The van der Waals surface area contributed by atoms with Crippen LogP contribution in [0, 0.1) is 0 Å². The van der Waals surface area contributed by atoms with Crippen molar-refractivity contribution < 1.29 is 233 Å². The Hall–Kier alpha value is 2.35. The summed E-state index contributed by atoms with van der Waals surface area (Å²) in [5.74, 6) is -13.1. The van der Waals surface area contributed by atoms with Gasteiger partial charge in [0.15, 0.2) is 0 Å². The molecule has 0 aliphatic rings. The van der Waals surface area contributed by atoms with E-state index in [1.807, 2.05) is 0 Å². The van der Waals surface area contributed by atoms with E-state index in [-0.39, 0.29) is 174 Å². The Morgan fingerprint density at radius 2 is 0.409 bits per heavy atom. The molecule has 0 bridgehead atoms. The van der Waals surface area contributed by atoms with Crippen LogP contribution in [0.2, 0.25) is 0 Å². The number of rotatable bonds is 0. The molecule has 0 aromatic heterocycles. The van der Waals surface area contributed by atoms with Crippen LogP contribution < -0.4 is 185 Å². The Morgan fingerprint density at radius 1 is 0.364 bits per heavy atom. The van der Waals surface area contributed by atoms with E-state index in [2.05, 4.69) is 0 Å². The van der Waals surface area contributed by atoms with Gasteiger partial charge in [-0.15, -0.1) is 0 Å². The monoisotopic (exact) mass is 484 g/mol. The van der Waals surface area contributed by atoms with E-state index in [1.165, 1.54) is 0 Å². The van der Waals surface area contributed by atoms with Crippen LogP contribution >= 0.6 is 0 Å². The smallest absolute Gasteiger partial charge is 0.543 e. The van der Waals surface area contributed by atoms with Crippen molar-refractivity contribution >= 4 is 35.8 Å². The van der Waals surface area contributed by atoms with Gasteiger partial charge in [-0.05, 0) is 0 Å². The Balaban J connectivity index is -0.0000000281. The van der Waals surface area contributed by atoms with Gasteiger partial charge in [0.2, 0.25) is 0 Å². The van der Waals surface area contributed by atoms with E-state index in [0.29, 0.717) is 0 Å². The van der Waals surface area contributed by atoms with Crippen LogP contribution in [0.15, 0.2) is 0 Å². The molecule has 0 aromatic carbocycles. The molecule has 0 fully saturated rings. The summed E-state index contributed by atoms with van der Waals surface area (Å²) in [6, 6.07) is 0. The summed E-state index contributed by atoms with van der Waals surface area (Å²) in [6.45, 7) is 0. The third kappa shape index (κ3) is 49.5. The quantitative estimate of drug-likeness (QED) is 0.230. The Kier molecular flexibility index (Phi) is 56.5. The van der Waals surface area contributed by atoms with Crippen molar-refractivity contribution in [2.45, 2.75) is 0 Å². The van der Waals surface area contributed by atoms with Crippen LogP contribution in [0.1, 0.15) is 0 Å². The number of carboxylic acids is 6. The fourth-order valence-electron chi connectivity index (χ4n) is 0. The predicted octanol–water partition coefficient (Wildman–Crippen LogP) is -19.5. The molecule has 0 aliphatic carbocycles. The van der Waals surface area contributed by atoms with Gasteiger partial charge >= 0.3 is 174 Å². The van der Waals surface area contributed by atoms with Gasteiger partial charge in [-0.25, -0.2) is 0 Å². The van der Waals surface area contributed by atoms with E-state index in [0.717, 1.165) is 0 Å². The van der Waals surface area contributed by atoms with Crippen molar-refractivity contribution in [1.82, 2.24) is 0 Å². The molecular formula is C6K3O12Rh. The molecule has 0 unspecified atom stereocenters. The fourth-order valence-corrected chi connectivity index (χ4v) is 0. The van der Waals surface area contributed by atoms with Gasteiger partial charge in [-0.3, -0.25) is 0 Å². The Labute approximate surface area is 262 Å². The second kappa shape index (κ2) is 28.2. The first-order valence-electron chi connectivity index (χ1n) is 3.20. The number of carbonyl (C=O) groups is 6. The average molecular weight is 484 g/mol. The molecule has 16 heteroatoms. The van der Waals surface area contributed by atoms with Crippen molar-refractivity contribution in [1.29, 1.82) is 0 Å². The average Bonchev–Trinajstić information content (AvgIpc) is 2.18. The summed E-state index contributed by atoms with van der Waals surface area (Å²) >= 11 is 0. The zero-order valence-corrected chi connectivity index (χ0v) is 22.2. The molecule has 0 N–H and O–H groups in total. The number of aliphatic carboxylic acids is 6. The van der Waals surface area contributed by atoms with Crippen LogP contribution in [0.3, 0.4) is 0 Å². The second-order valence-electron chi connectivity index (χ2n) is 1.72. The molecular weight excluding hydrogens is 484 g/mol. The van der Waals surface area contributed by atoms with Gasteiger partial charge in [0.05, 0.1) is 35.8 Å². The maximum atomic E-state index is 8.93. The summed E-state index contributed by atoms with van der Waals surface area (Å²) in [5, 5.41) is 53.6. The third-order valence-electron chi connectivity index (χ3n) is 0.500. The number of carbonyl (C=O) groups excluding carboxylic acids is 6. The van der Waals surface area contributed by atoms with Gasteiger partial charge in [-0.2, -0.15) is 0 Å². The van der Waals surface area contributed by atoms with E-state index in [9.17, 15) is 0 Å². The van der Waals surface area contributed by atoms with Crippen molar-refractivity contribution in [2.75, 3.05) is 0 Å². The second-order valence-corrected chi connectivity index (χ2v) is 1.72. The van der Waals surface area contributed by atoms with Crippen LogP contribution in [0.5, 0.6) is 0 Å². The zero-order chi connectivity index (χ0) is 15.5. The Morgan fingerprint density at radius 3 is 0.409 bits per heavy atom. The molecule has 0 amide bonds. The van der Waals surface area contributed by atoms with E-state index in [4.69, 9.17) is 59.4 Å². The maximum absolute atomic E-state index is 8.93. The molecule has 0 heterocycles. The third-order valence-corrected chi connectivity index (χ3v) is 0.500. The molecule has 0 spiro atoms. The first kappa shape index (κ1) is 44.1. The van der Waals surface area contributed by atoms with Gasteiger partial charge in [0, 0.05) is 0 Å². The van der Waals surface area contributed by atoms with Crippen molar-refractivity contribution in [3.05, 3.63) is 0 Å². The molecule has 0 aliphatic heterocycles. The van der Waals surface area contributed by atoms with Crippen LogP contribution in [-0.4, -0.2) is 35.8 Å². The van der Waals surface area contributed by atoms with Gasteiger partial charge in [0.1, 0.15) is 0 Å². The number of hydrogen-bond acceptors (Lipinski definition) is 12. The van der Waals surface area contributed by atoms with Crippen LogP contribution in [-0.2, 0) is 48.2 Å². The minimum Gasteiger partial charge on any atom is -0.543 e. The standard InChI is InChI=1S/3C2H2O4.3K.Rh/c3*3-1(4)2(5)6;;;;/h3*(H,3,4)(H,5,6);;;;/q;;;3*+1;+3/p-6. The van der Waals surface area contributed by atoms with Crippen LogP contribution in [0.25, 0.3) is 0 Å². The molecule has 0 saturated carbocycles. The maximum Gasteiger partial charge on any atom is 3.00 e. The Bertz CT molecular complexity index is 290. The van der Waals surface area contributed by atoms with E-state index < -0.39 is 35.8 Å². The summed E-state index contributed by atoms with van der Waals surface area (Å²) in [6.07, 6.45) is 0. The van der Waals surface area contributed by atoms with Crippen molar-refractivity contribution in [3.63, 3.8) is 0 Å².